The number of piperidine rings is 1. The molecule has 0 radical (unpaired) electrons. The second-order valence-electron chi connectivity index (χ2n) is 5.99. The highest BCUT2D eigenvalue weighted by Gasteiger charge is 2.35. The van der Waals surface area contributed by atoms with Gasteiger partial charge in [-0.25, -0.2) is 0 Å². The standard InChI is InChI=1S/C13H24N2/c1-10(8-11-2-3-11)14-13-5-7-15-6-4-12(13)9-15/h10-14H,2-9H2,1H3. The maximum Gasteiger partial charge on any atom is 0.0123 e. The fourth-order valence-electron chi connectivity index (χ4n) is 3.46. The van der Waals surface area contributed by atoms with Crippen molar-refractivity contribution in [3.8, 4) is 0 Å². The van der Waals surface area contributed by atoms with Crippen LogP contribution in [-0.4, -0.2) is 36.6 Å². The minimum absolute atomic E-state index is 0.759. The SMILES string of the molecule is CC(CC1CC1)NC1CCN2CCC1C2. The smallest absolute Gasteiger partial charge is 0.0123 e. The Balaban J connectivity index is 1.48. The molecule has 3 aliphatic rings. The molecular weight excluding hydrogens is 184 g/mol. The molecule has 2 nitrogen and oxygen atoms in total. The van der Waals surface area contributed by atoms with Crippen molar-refractivity contribution in [1.29, 1.82) is 0 Å². The van der Waals surface area contributed by atoms with Gasteiger partial charge in [0.1, 0.15) is 0 Å². The number of hydrogen-bond acceptors (Lipinski definition) is 2. The molecule has 2 heteroatoms. The van der Waals surface area contributed by atoms with Crippen LogP contribution in [0.3, 0.4) is 0 Å². The first-order valence-corrected chi connectivity index (χ1v) is 6.79. The van der Waals surface area contributed by atoms with Gasteiger partial charge in [0, 0.05) is 18.6 Å². The van der Waals surface area contributed by atoms with Gasteiger partial charge in [-0.1, -0.05) is 12.8 Å². The Hall–Kier alpha value is -0.0800. The first-order chi connectivity index (χ1) is 7.31. The lowest BCUT2D eigenvalue weighted by Gasteiger charge is -2.33. The minimum atomic E-state index is 0.759. The minimum Gasteiger partial charge on any atom is -0.311 e. The van der Waals surface area contributed by atoms with Crippen molar-refractivity contribution in [3.05, 3.63) is 0 Å². The van der Waals surface area contributed by atoms with Crippen LogP contribution in [0.15, 0.2) is 0 Å². The van der Waals surface area contributed by atoms with Crippen molar-refractivity contribution in [2.75, 3.05) is 19.6 Å². The van der Waals surface area contributed by atoms with E-state index in [1.54, 1.807) is 0 Å². The van der Waals surface area contributed by atoms with Crippen molar-refractivity contribution in [2.45, 2.75) is 51.1 Å². The number of nitrogens with one attached hydrogen (secondary N) is 1. The summed E-state index contributed by atoms with van der Waals surface area (Å²) in [4.78, 5) is 2.63. The van der Waals surface area contributed by atoms with Gasteiger partial charge in [-0.3, -0.25) is 0 Å². The van der Waals surface area contributed by atoms with E-state index in [4.69, 9.17) is 0 Å². The molecule has 0 aromatic rings. The van der Waals surface area contributed by atoms with Gasteiger partial charge in [-0.15, -0.1) is 0 Å². The zero-order valence-electron chi connectivity index (χ0n) is 9.91. The van der Waals surface area contributed by atoms with Gasteiger partial charge < -0.3 is 10.2 Å². The van der Waals surface area contributed by atoms with E-state index in [9.17, 15) is 0 Å². The Morgan fingerprint density at radius 2 is 2.00 bits per heavy atom. The van der Waals surface area contributed by atoms with E-state index in [1.807, 2.05) is 0 Å². The Labute approximate surface area is 93.4 Å². The number of fused-ring (bicyclic) bond motifs is 2. The highest BCUT2D eigenvalue weighted by molar-refractivity contribution is 4.92. The largest absolute Gasteiger partial charge is 0.311 e. The number of rotatable bonds is 4. The average Bonchev–Trinajstić information content (AvgIpc) is 2.94. The van der Waals surface area contributed by atoms with Crippen LogP contribution in [0.2, 0.25) is 0 Å². The van der Waals surface area contributed by atoms with Crippen LogP contribution in [0.1, 0.15) is 39.0 Å². The van der Waals surface area contributed by atoms with E-state index >= 15 is 0 Å². The highest BCUT2D eigenvalue weighted by atomic mass is 15.2. The summed E-state index contributed by atoms with van der Waals surface area (Å²) in [6.45, 7) is 6.46. The topological polar surface area (TPSA) is 15.3 Å². The zero-order valence-corrected chi connectivity index (χ0v) is 9.91. The van der Waals surface area contributed by atoms with Gasteiger partial charge in [0.25, 0.3) is 0 Å². The van der Waals surface area contributed by atoms with Gasteiger partial charge in [-0.05, 0) is 51.1 Å². The van der Waals surface area contributed by atoms with E-state index in [-0.39, 0.29) is 0 Å². The number of hydrogen-bond donors (Lipinski definition) is 1. The van der Waals surface area contributed by atoms with Crippen LogP contribution >= 0.6 is 0 Å². The summed E-state index contributed by atoms with van der Waals surface area (Å²) >= 11 is 0. The Morgan fingerprint density at radius 1 is 1.20 bits per heavy atom. The molecule has 0 aromatic carbocycles. The molecule has 15 heavy (non-hydrogen) atoms. The molecule has 1 N–H and O–H groups in total. The Bertz CT molecular complexity index is 225. The molecule has 2 bridgehead atoms. The predicted octanol–water partition coefficient (Wildman–Crippen LogP) is 1.86. The summed E-state index contributed by atoms with van der Waals surface area (Å²) in [6.07, 6.45) is 7.24. The summed E-state index contributed by atoms with van der Waals surface area (Å²) in [5, 5.41) is 3.89. The molecule has 2 saturated heterocycles. The summed E-state index contributed by atoms with van der Waals surface area (Å²) in [6, 6.07) is 1.59. The second-order valence-corrected chi connectivity index (χ2v) is 5.99. The molecule has 3 rings (SSSR count). The van der Waals surface area contributed by atoms with Crippen molar-refractivity contribution >= 4 is 0 Å². The summed E-state index contributed by atoms with van der Waals surface area (Å²) < 4.78 is 0. The fraction of sp³-hybridized carbons (Fsp3) is 1.00. The van der Waals surface area contributed by atoms with Crippen LogP contribution in [0, 0.1) is 11.8 Å². The summed E-state index contributed by atoms with van der Waals surface area (Å²) in [7, 11) is 0. The van der Waals surface area contributed by atoms with E-state index in [1.165, 1.54) is 51.7 Å². The quantitative estimate of drug-likeness (QED) is 0.758. The van der Waals surface area contributed by atoms with Gasteiger partial charge in [0.2, 0.25) is 0 Å². The first kappa shape index (κ1) is 10.1. The van der Waals surface area contributed by atoms with E-state index in [0.717, 1.165) is 23.9 Å². The van der Waals surface area contributed by atoms with Gasteiger partial charge >= 0.3 is 0 Å². The Kier molecular flexibility index (Phi) is 2.73. The molecule has 86 valence electrons. The highest BCUT2D eigenvalue weighted by Crippen LogP contribution is 2.34. The van der Waals surface area contributed by atoms with Gasteiger partial charge in [0.15, 0.2) is 0 Å². The second kappa shape index (κ2) is 4.06. The molecule has 4 atom stereocenters. The Morgan fingerprint density at radius 3 is 2.80 bits per heavy atom. The van der Waals surface area contributed by atoms with Gasteiger partial charge in [0.05, 0.1) is 0 Å². The van der Waals surface area contributed by atoms with Crippen LogP contribution in [0.4, 0.5) is 0 Å². The predicted molar refractivity (Wildman–Crippen MR) is 62.9 cm³/mol. The van der Waals surface area contributed by atoms with E-state index in [0.29, 0.717) is 0 Å². The molecule has 3 fully saturated rings. The maximum absolute atomic E-state index is 3.89. The lowest BCUT2D eigenvalue weighted by Crippen LogP contribution is -2.47. The van der Waals surface area contributed by atoms with Crippen molar-refractivity contribution in [1.82, 2.24) is 10.2 Å². The lowest BCUT2D eigenvalue weighted by molar-refractivity contribution is 0.209. The van der Waals surface area contributed by atoms with Crippen LogP contribution in [0.25, 0.3) is 0 Å². The fourth-order valence-corrected chi connectivity index (χ4v) is 3.46. The molecule has 2 aliphatic heterocycles. The van der Waals surface area contributed by atoms with Crippen LogP contribution in [-0.2, 0) is 0 Å². The maximum atomic E-state index is 3.89. The number of nitrogens with zero attached hydrogens (tertiary/aromatic N) is 1. The third-order valence-corrected chi connectivity index (χ3v) is 4.52. The molecule has 0 amide bonds. The van der Waals surface area contributed by atoms with Crippen molar-refractivity contribution in [3.63, 3.8) is 0 Å². The zero-order chi connectivity index (χ0) is 10.3. The van der Waals surface area contributed by atoms with E-state index < -0.39 is 0 Å². The molecule has 2 heterocycles. The van der Waals surface area contributed by atoms with E-state index in [2.05, 4.69) is 17.1 Å². The third kappa shape index (κ3) is 2.36. The third-order valence-electron chi connectivity index (χ3n) is 4.52. The molecular formula is C13H24N2. The molecule has 1 aliphatic carbocycles. The summed E-state index contributed by atoms with van der Waals surface area (Å²) in [5.41, 5.74) is 0. The van der Waals surface area contributed by atoms with Crippen LogP contribution < -0.4 is 5.32 Å². The molecule has 1 saturated carbocycles. The molecule has 0 spiro atoms. The first-order valence-electron chi connectivity index (χ1n) is 6.79. The van der Waals surface area contributed by atoms with Crippen LogP contribution in [0.5, 0.6) is 0 Å². The average molecular weight is 208 g/mol. The van der Waals surface area contributed by atoms with Crippen molar-refractivity contribution in [2.24, 2.45) is 11.8 Å². The molecule has 0 aromatic heterocycles. The van der Waals surface area contributed by atoms with Crippen molar-refractivity contribution < 1.29 is 0 Å². The normalized spacial score (nSPS) is 41.8. The monoisotopic (exact) mass is 208 g/mol. The summed E-state index contributed by atoms with van der Waals surface area (Å²) in [5.74, 6) is 2.02. The molecule has 4 unspecified atom stereocenters. The van der Waals surface area contributed by atoms with Gasteiger partial charge in [-0.2, -0.15) is 0 Å². The lowest BCUT2D eigenvalue weighted by atomic mass is 9.93.